The summed E-state index contributed by atoms with van der Waals surface area (Å²) in [4.78, 5) is 0. The van der Waals surface area contributed by atoms with Crippen LogP contribution in [0.2, 0.25) is 0 Å². The molecule has 28 heavy (non-hydrogen) atoms. The number of aliphatic hydroxyl groups excluding tert-OH is 1. The lowest BCUT2D eigenvalue weighted by Crippen LogP contribution is -2.54. The maximum absolute atomic E-state index is 10.3. The molecule has 4 saturated carbocycles. The fourth-order valence-electron chi connectivity index (χ4n) is 9.26. The van der Waals surface area contributed by atoms with Gasteiger partial charge in [-0.1, -0.05) is 53.9 Å². The normalized spacial score (nSPS) is 49.4. The number of hydrogen-bond acceptors (Lipinski definition) is 1. The molecule has 0 aromatic carbocycles. The summed E-state index contributed by atoms with van der Waals surface area (Å²) in [6.07, 6.45) is 16.6. The highest BCUT2D eigenvalue weighted by atomic mass is 16.3. The Bertz CT molecular complexity index is 540. The predicted octanol–water partition coefficient (Wildman–Crippen LogP) is 7.47. The molecule has 162 valence electrons. The van der Waals surface area contributed by atoms with Crippen LogP contribution in [0.15, 0.2) is 0 Å². The third kappa shape index (κ3) is 3.50. The largest absolute Gasteiger partial charge is 0.393 e. The molecule has 0 bridgehead atoms. The minimum Gasteiger partial charge on any atom is -0.393 e. The molecule has 0 radical (unpaired) electrons. The molecule has 0 aromatic heterocycles. The summed E-state index contributed by atoms with van der Waals surface area (Å²) in [6, 6.07) is 0. The van der Waals surface area contributed by atoms with Crippen molar-refractivity contribution in [3.05, 3.63) is 0 Å². The molecule has 1 N–H and O–H groups in total. The van der Waals surface area contributed by atoms with E-state index < -0.39 is 0 Å². The van der Waals surface area contributed by atoms with Crippen molar-refractivity contribution in [1.29, 1.82) is 0 Å². The minimum atomic E-state index is -0.00830. The Balaban J connectivity index is 1.46. The van der Waals surface area contributed by atoms with Crippen molar-refractivity contribution in [1.82, 2.24) is 0 Å². The van der Waals surface area contributed by atoms with Gasteiger partial charge in [0.2, 0.25) is 0 Å². The van der Waals surface area contributed by atoms with Crippen LogP contribution in [0, 0.1) is 52.3 Å². The molecular formula is C27H48O. The van der Waals surface area contributed by atoms with Crippen molar-refractivity contribution in [3.63, 3.8) is 0 Å². The first-order valence-corrected chi connectivity index (χ1v) is 12.9. The topological polar surface area (TPSA) is 20.2 Å². The molecule has 1 heteroatoms. The first-order valence-electron chi connectivity index (χ1n) is 12.9. The molecule has 9 atom stereocenters. The summed E-state index contributed by atoms with van der Waals surface area (Å²) in [7, 11) is 0. The first-order chi connectivity index (χ1) is 13.3. The fraction of sp³-hybridized carbons (Fsp3) is 1.00. The third-order valence-electron chi connectivity index (χ3n) is 10.8. The molecule has 1 nitrogen and oxygen atoms in total. The second kappa shape index (κ2) is 7.90. The summed E-state index contributed by atoms with van der Waals surface area (Å²) in [5.74, 6) is 6.49. The van der Waals surface area contributed by atoms with Gasteiger partial charge in [0.05, 0.1) is 6.10 Å². The maximum Gasteiger partial charge on any atom is 0.0543 e. The van der Waals surface area contributed by atoms with E-state index in [1.807, 2.05) is 0 Å². The highest BCUT2D eigenvalue weighted by Crippen LogP contribution is 2.68. The van der Waals surface area contributed by atoms with Crippen LogP contribution in [0.4, 0.5) is 0 Å². The molecule has 0 saturated heterocycles. The van der Waals surface area contributed by atoms with Gasteiger partial charge in [0, 0.05) is 0 Å². The molecule has 4 fully saturated rings. The molecular weight excluding hydrogens is 340 g/mol. The van der Waals surface area contributed by atoms with E-state index in [1.165, 1.54) is 64.2 Å². The smallest absolute Gasteiger partial charge is 0.0543 e. The Morgan fingerprint density at radius 3 is 2.29 bits per heavy atom. The standard InChI is InChI=1S/C27H48O/c1-18(2)7-6-8-19(3)23-11-12-24-22-10-9-20-17-21(28)13-15-26(20,4)25(22)14-16-27(23,24)5/h18-25,28H,6-17H2,1-5H3/t19?,20-,21-,22?,23?,24?,25?,26?,27?/m0/s1. The van der Waals surface area contributed by atoms with Crippen LogP contribution < -0.4 is 0 Å². The summed E-state index contributed by atoms with van der Waals surface area (Å²) < 4.78 is 0. The van der Waals surface area contributed by atoms with E-state index >= 15 is 0 Å². The Morgan fingerprint density at radius 1 is 0.821 bits per heavy atom. The predicted molar refractivity (Wildman–Crippen MR) is 119 cm³/mol. The van der Waals surface area contributed by atoms with E-state index in [4.69, 9.17) is 0 Å². The van der Waals surface area contributed by atoms with Crippen LogP contribution in [0.5, 0.6) is 0 Å². The van der Waals surface area contributed by atoms with Gasteiger partial charge < -0.3 is 5.11 Å². The Hall–Kier alpha value is -0.0400. The molecule has 4 aliphatic rings. The Morgan fingerprint density at radius 2 is 1.54 bits per heavy atom. The van der Waals surface area contributed by atoms with Crippen LogP contribution >= 0.6 is 0 Å². The van der Waals surface area contributed by atoms with E-state index in [1.54, 1.807) is 0 Å². The molecule has 4 rings (SSSR count). The van der Waals surface area contributed by atoms with E-state index in [9.17, 15) is 5.11 Å². The van der Waals surface area contributed by atoms with Crippen molar-refractivity contribution in [3.8, 4) is 0 Å². The molecule has 0 aliphatic heterocycles. The summed E-state index contributed by atoms with van der Waals surface area (Å²) in [6.45, 7) is 12.7. The van der Waals surface area contributed by atoms with Gasteiger partial charge in [0.15, 0.2) is 0 Å². The van der Waals surface area contributed by atoms with Crippen molar-refractivity contribution >= 4 is 0 Å². The molecule has 0 aromatic rings. The average Bonchev–Trinajstić information content (AvgIpc) is 2.99. The van der Waals surface area contributed by atoms with Gasteiger partial charge in [-0.25, -0.2) is 0 Å². The lowest BCUT2D eigenvalue weighted by atomic mass is 9.44. The fourth-order valence-corrected chi connectivity index (χ4v) is 9.26. The maximum atomic E-state index is 10.3. The van der Waals surface area contributed by atoms with Gasteiger partial charge in [0.1, 0.15) is 0 Å². The third-order valence-corrected chi connectivity index (χ3v) is 10.8. The second-order valence-electron chi connectivity index (χ2n) is 12.6. The van der Waals surface area contributed by atoms with Crippen LogP contribution in [0.25, 0.3) is 0 Å². The van der Waals surface area contributed by atoms with E-state index in [0.717, 1.165) is 54.3 Å². The SMILES string of the molecule is CC(C)CCCC(C)C1CCC2C3CC[C@H]4C[C@@H](O)CCC4(C)C3CCC12C. The van der Waals surface area contributed by atoms with Crippen molar-refractivity contribution in [2.75, 3.05) is 0 Å². The molecule has 0 spiro atoms. The van der Waals surface area contributed by atoms with Gasteiger partial charge in [-0.3, -0.25) is 0 Å². The van der Waals surface area contributed by atoms with Crippen molar-refractivity contribution < 1.29 is 5.11 Å². The zero-order valence-electron chi connectivity index (χ0n) is 19.6. The minimum absolute atomic E-state index is 0.00830. The first kappa shape index (κ1) is 21.2. The summed E-state index contributed by atoms with van der Waals surface area (Å²) in [5, 5.41) is 10.3. The average molecular weight is 389 g/mol. The van der Waals surface area contributed by atoms with Crippen LogP contribution in [0.1, 0.15) is 112 Å². The van der Waals surface area contributed by atoms with Crippen molar-refractivity contribution in [2.45, 2.75) is 118 Å². The number of aliphatic hydroxyl groups is 1. The van der Waals surface area contributed by atoms with E-state index in [2.05, 4.69) is 34.6 Å². The van der Waals surface area contributed by atoms with Crippen molar-refractivity contribution in [2.24, 2.45) is 52.3 Å². The number of rotatable bonds is 5. The van der Waals surface area contributed by atoms with Gasteiger partial charge in [-0.05, 0) is 110 Å². The van der Waals surface area contributed by atoms with Crippen LogP contribution in [0.3, 0.4) is 0 Å². The van der Waals surface area contributed by atoms with Gasteiger partial charge in [0.25, 0.3) is 0 Å². The zero-order valence-corrected chi connectivity index (χ0v) is 19.6. The Labute approximate surface area is 175 Å². The molecule has 0 heterocycles. The lowest BCUT2D eigenvalue weighted by molar-refractivity contribution is -0.129. The monoisotopic (exact) mass is 388 g/mol. The van der Waals surface area contributed by atoms with Gasteiger partial charge in [-0.15, -0.1) is 0 Å². The Kier molecular flexibility index (Phi) is 5.98. The van der Waals surface area contributed by atoms with Crippen LogP contribution in [-0.2, 0) is 0 Å². The van der Waals surface area contributed by atoms with Crippen LogP contribution in [-0.4, -0.2) is 11.2 Å². The highest BCUT2D eigenvalue weighted by Gasteiger charge is 2.60. The second-order valence-corrected chi connectivity index (χ2v) is 12.6. The lowest BCUT2D eigenvalue weighted by Gasteiger charge is -2.61. The molecule has 7 unspecified atom stereocenters. The quantitative estimate of drug-likeness (QED) is 0.518. The molecule has 0 amide bonds. The highest BCUT2D eigenvalue weighted by molar-refractivity contribution is 5.09. The summed E-state index contributed by atoms with van der Waals surface area (Å²) >= 11 is 0. The van der Waals surface area contributed by atoms with E-state index in [-0.39, 0.29) is 6.10 Å². The van der Waals surface area contributed by atoms with Gasteiger partial charge >= 0.3 is 0 Å². The van der Waals surface area contributed by atoms with Gasteiger partial charge in [-0.2, -0.15) is 0 Å². The molecule has 4 aliphatic carbocycles. The van der Waals surface area contributed by atoms with E-state index in [0.29, 0.717) is 10.8 Å². The summed E-state index contributed by atoms with van der Waals surface area (Å²) in [5.41, 5.74) is 1.15. The number of fused-ring (bicyclic) bond motifs is 5. The zero-order chi connectivity index (χ0) is 20.1. The number of hydrogen-bond donors (Lipinski definition) is 1.